The molecule has 58 heavy (non-hydrogen) atoms. The van der Waals surface area contributed by atoms with E-state index in [-0.39, 0.29) is 0 Å². The third kappa shape index (κ3) is 6.63. The molecule has 0 aliphatic rings. The Morgan fingerprint density at radius 3 is 1.88 bits per heavy atom. The second-order valence-corrected chi connectivity index (χ2v) is 15.2. The standard InChI is InChI=1S/C49H41N7OS/c1-34-31-50-44(35(2)46(34)57-3)32-55-45-26-16-15-25-43(45)51-48(55)58-33-36-27-29-37(30-28-36)41-23-13-14-24-42(41)47-52-53-54-56(47)49(38-17-7-4-8-18-38,39-19-9-5-10-20-39)40-21-11-6-12-22-40/h4-31H,32-33H2,1-3H3. The van der Waals surface area contributed by atoms with Gasteiger partial charge in [0.05, 0.1) is 30.4 Å². The molecule has 0 amide bonds. The fourth-order valence-corrected chi connectivity index (χ4v) is 9.01. The molecule has 0 N–H and O–H groups in total. The Morgan fingerprint density at radius 2 is 1.24 bits per heavy atom. The molecule has 9 heteroatoms. The largest absolute Gasteiger partial charge is 0.496 e. The van der Waals surface area contributed by atoms with Crippen LogP contribution in [0.25, 0.3) is 33.5 Å². The van der Waals surface area contributed by atoms with E-state index in [1.54, 1.807) is 18.9 Å². The summed E-state index contributed by atoms with van der Waals surface area (Å²) in [6.45, 7) is 4.70. The Balaban J connectivity index is 1.06. The third-order valence-electron chi connectivity index (χ3n) is 10.8. The normalized spacial score (nSPS) is 11.6. The molecular formula is C49H41N7OS. The smallest absolute Gasteiger partial charge is 0.184 e. The first-order valence-electron chi connectivity index (χ1n) is 19.3. The van der Waals surface area contributed by atoms with Gasteiger partial charge in [-0.1, -0.05) is 163 Å². The molecule has 0 saturated heterocycles. The van der Waals surface area contributed by atoms with Gasteiger partial charge in [0, 0.05) is 28.6 Å². The van der Waals surface area contributed by atoms with Gasteiger partial charge < -0.3 is 9.30 Å². The Hall–Kier alpha value is -6.84. The molecule has 284 valence electrons. The predicted octanol–water partition coefficient (Wildman–Crippen LogP) is 10.6. The van der Waals surface area contributed by atoms with Crippen molar-refractivity contribution in [3.8, 4) is 28.3 Å². The second kappa shape index (κ2) is 16.0. The van der Waals surface area contributed by atoms with Gasteiger partial charge >= 0.3 is 0 Å². The lowest BCUT2D eigenvalue weighted by Crippen LogP contribution is -2.39. The molecule has 0 spiro atoms. The van der Waals surface area contributed by atoms with Crippen LogP contribution in [0.1, 0.15) is 39.1 Å². The van der Waals surface area contributed by atoms with E-state index in [9.17, 15) is 0 Å². The van der Waals surface area contributed by atoms with Crippen LogP contribution in [0.15, 0.2) is 175 Å². The van der Waals surface area contributed by atoms with Gasteiger partial charge in [-0.3, -0.25) is 4.98 Å². The summed E-state index contributed by atoms with van der Waals surface area (Å²) < 4.78 is 9.98. The summed E-state index contributed by atoms with van der Waals surface area (Å²) in [6.07, 6.45) is 1.89. The number of aromatic nitrogens is 7. The Bertz CT molecular complexity index is 2720. The van der Waals surface area contributed by atoms with Gasteiger partial charge in [-0.15, -0.1) is 5.10 Å². The minimum Gasteiger partial charge on any atom is -0.496 e. The first kappa shape index (κ1) is 36.8. The fourth-order valence-electron chi connectivity index (χ4n) is 8.04. The molecule has 0 radical (unpaired) electrons. The number of pyridine rings is 1. The molecule has 8 nitrogen and oxygen atoms in total. The lowest BCUT2D eigenvalue weighted by molar-refractivity contribution is 0.406. The van der Waals surface area contributed by atoms with Crippen LogP contribution < -0.4 is 4.74 Å². The Labute approximate surface area is 342 Å². The maximum atomic E-state index is 5.72. The van der Waals surface area contributed by atoms with Crippen LogP contribution in [0.2, 0.25) is 0 Å². The minimum absolute atomic E-state index is 0.598. The Kier molecular flexibility index (Phi) is 10.1. The van der Waals surface area contributed by atoms with Gasteiger partial charge in [-0.2, -0.15) is 0 Å². The van der Waals surface area contributed by atoms with E-state index >= 15 is 0 Å². The number of aryl methyl sites for hydroxylation is 1. The molecule has 0 aliphatic heterocycles. The second-order valence-electron chi connectivity index (χ2n) is 14.3. The van der Waals surface area contributed by atoms with E-state index < -0.39 is 5.54 Å². The SMILES string of the molecule is COc1c(C)cnc(Cn2c(SCc3ccc(-c4ccccc4-c4nnnn4C(c4ccccc4)(c4ccccc4)c4ccccc4)cc3)nc3ccccc32)c1C. The van der Waals surface area contributed by atoms with E-state index in [1.807, 2.05) is 48.1 Å². The summed E-state index contributed by atoms with van der Waals surface area (Å²) >= 11 is 1.73. The number of methoxy groups -OCH3 is 1. The van der Waals surface area contributed by atoms with Crippen molar-refractivity contribution in [2.24, 2.45) is 0 Å². The quantitative estimate of drug-likeness (QED) is 0.0902. The molecule has 0 fully saturated rings. The van der Waals surface area contributed by atoms with Gasteiger partial charge in [-0.25, -0.2) is 9.67 Å². The molecule has 0 saturated carbocycles. The van der Waals surface area contributed by atoms with Crippen LogP contribution in [0, 0.1) is 13.8 Å². The number of benzene rings is 6. The van der Waals surface area contributed by atoms with Crippen LogP contribution in [0.4, 0.5) is 0 Å². The van der Waals surface area contributed by atoms with Crippen LogP contribution in [0.3, 0.4) is 0 Å². The third-order valence-corrected chi connectivity index (χ3v) is 11.9. The maximum absolute atomic E-state index is 5.72. The molecule has 9 rings (SSSR count). The zero-order valence-electron chi connectivity index (χ0n) is 32.5. The van der Waals surface area contributed by atoms with E-state index in [4.69, 9.17) is 25.0 Å². The van der Waals surface area contributed by atoms with Gasteiger partial charge in [0.15, 0.2) is 11.0 Å². The highest BCUT2D eigenvalue weighted by atomic mass is 32.2. The van der Waals surface area contributed by atoms with E-state index in [0.29, 0.717) is 12.4 Å². The summed E-state index contributed by atoms with van der Waals surface area (Å²) in [6, 6.07) is 56.9. The van der Waals surface area contributed by atoms with Gasteiger partial charge in [0.25, 0.3) is 0 Å². The highest BCUT2D eigenvalue weighted by Crippen LogP contribution is 2.43. The van der Waals surface area contributed by atoms with Crippen molar-refractivity contribution in [1.82, 2.24) is 34.7 Å². The minimum atomic E-state index is -0.854. The van der Waals surface area contributed by atoms with Crippen LogP contribution in [-0.4, -0.2) is 41.9 Å². The number of para-hydroxylation sites is 2. The zero-order valence-corrected chi connectivity index (χ0v) is 33.3. The highest BCUT2D eigenvalue weighted by Gasteiger charge is 2.42. The van der Waals surface area contributed by atoms with E-state index in [0.717, 1.165) is 77.9 Å². The van der Waals surface area contributed by atoms with Crippen molar-refractivity contribution >= 4 is 22.8 Å². The molecule has 3 aromatic heterocycles. The molecule has 0 unspecified atom stereocenters. The summed E-state index contributed by atoms with van der Waals surface area (Å²) in [5.74, 6) is 2.30. The predicted molar refractivity (Wildman–Crippen MR) is 232 cm³/mol. The maximum Gasteiger partial charge on any atom is 0.184 e. The van der Waals surface area contributed by atoms with Crippen molar-refractivity contribution in [2.75, 3.05) is 7.11 Å². The average molecular weight is 776 g/mol. The van der Waals surface area contributed by atoms with Crippen molar-refractivity contribution in [2.45, 2.75) is 36.8 Å². The molecule has 0 bridgehead atoms. The van der Waals surface area contributed by atoms with Crippen LogP contribution in [-0.2, 0) is 17.8 Å². The highest BCUT2D eigenvalue weighted by molar-refractivity contribution is 7.98. The van der Waals surface area contributed by atoms with Crippen LogP contribution >= 0.6 is 11.8 Å². The number of hydrogen-bond donors (Lipinski definition) is 0. The summed E-state index contributed by atoms with van der Waals surface area (Å²) in [7, 11) is 1.72. The van der Waals surface area contributed by atoms with Gasteiger partial charge in [0.2, 0.25) is 0 Å². The lowest BCUT2D eigenvalue weighted by atomic mass is 9.77. The lowest BCUT2D eigenvalue weighted by Gasteiger charge is -2.36. The summed E-state index contributed by atoms with van der Waals surface area (Å²) in [5, 5.41) is 14.8. The van der Waals surface area contributed by atoms with E-state index in [2.05, 4.69) is 150 Å². The number of fused-ring (bicyclic) bond motifs is 1. The number of rotatable bonds is 12. The molecule has 6 aromatic carbocycles. The van der Waals surface area contributed by atoms with Crippen molar-refractivity contribution in [3.05, 3.63) is 209 Å². The number of nitrogens with zero attached hydrogens (tertiary/aromatic N) is 7. The fraction of sp³-hybridized carbons (Fsp3) is 0.122. The molecule has 9 aromatic rings. The van der Waals surface area contributed by atoms with Crippen LogP contribution in [0.5, 0.6) is 5.75 Å². The Morgan fingerprint density at radius 1 is 0.655 bits per heavy atom. The van der Waals surface area contributed by atoms with Crippen molar-refractivity contribution < 1.29 is 4.74 Å². The molecule has 0 aliphatic carbocycles. The van der Waals surface area contributed by atoms with Crippen molar-refractivity contribution in [1.29, 1.82) is 0 Å². The topological polar surface area (TPSA) is 83.5 Å². The number of tetrazole rings is 1. The molecule has 3 heterocycles. The molecular weight excluding hydrogens is 735 g/mol. The summed E-state index contributed by atoms with van der Waals surface area (Å²) in [5.41, 5.74) is 11.6. The summed E-state index contributed by atoms with van der Waals surface area (Å²) in [4.78, 5) is 9.86. The number of ether oxygens (including phenoxy) is 1. The number of hydrogen-bond acceptors (Lipinski definition) is 7. The first-order valence-corrected chi connectivity index (χ1v) is 20.3. The van der Waals surface area contributed by atoms with Crippen molar-refractivity contribution in [3.63, 3.8) is 0 Å². The molecule has 0 atom stereocenters. The number of thioether (sulfide) groups is 1. The average Bonchev–Trinajstić information content (AvgIpc) is 3.91. The van der Waals surface area contributed by atoms with E-state index in [1.165, 1.54) is 5.56 Å². The zero-order chi connectivity index (χ0) is 39.5. The van der Waals surface area contributed by atoms with Gasteiger partial charge in [0.1, 0.15) is 11.3 Å². The first-order chi connectivity index (χ1) is 28.6. The number of imidazole rings is 1. The van der Waals surface area contributed by atoms with Gasteiger partial charge in [-0.05, 0) is 69.8 Å². The monoisotopic (exact) mass is 775 g/mol.